The SMILES string of the molecule is CC(C)(N)C1=CCC=CC(C(F)(F)F)=C1F. The molecule has 0 aromatic heterocycles. The Kier molecular flexibility index (Phi) is 3.28. The number of hydrogen-bond donors (Lipinski definition) is 1. The van der Waals surface area contributed by atoms with Crippen molar-refractivity contribution in [3.05, 3.63) is 35.2 Å². The van der Waals surface area contributed by atoms with Crippen LogP contribution >= 0.6 is 0 Å². The fraction of sp³-hybridized carbons (Fsp3) is 0.455. The van der Waals surface area contributed by atoms with Crippen LogP contribution in [0.5, 0.6) is 0 Å². The van der Waals surface area contributed by atoms with E-state index < -0.39 is 23.1 Å². The Balaban J connectivity index is 3.31. The van der Waals surface area contributed by atoms with Crippen LogP contribution in [0.2, 0.25) is 0 Å². The molecule has 0 radical (unpaired) electrons. The summed E-state index contributed by atoms with van der Waals surface area (Å²) in [6, 6.07) is 0. The molecule has 1 aliphatic carbocycles. The van der Waals surface area contributed by atoms with Crippen LogP contribution in [0.15, 0.2) is 35.2 Å². The monoisotopic (exact) mass is 235 g/mol. The van der Waals surface area contributed by atoms with E-state index in [4.69, 9.17) is 5.73 Å². The lowest BCUT2D eigenvalue weighted by atomic mass is 9.92. The predicted molar refractivity (Wildman–Crippen MR) is 54.3 cm³/mol. The summed E-state index contributed by atoms with van der Waals surface area (Å²) in [5, 5.41) is 0. The maximum atomic E-state index is 13.7. The third-order valence-electron chi connectivity index (χ3n) is 2.22. The molecule has 0 saturated carbocycles. The lowest BCUT2D eigenvalue weighted by Crippen LogP contribution is -2.35. The van der Waals surface area contributed by atoms with Crippen molar-refractivity contribution in [1.29, 1.82) is 0 Å². The van der Waals surface area contributed by atoms with E-state index in [-0.39, 0.29) is 12.0 Å². The van der Waals surface area contributed by atoms with Gasteiger partial charge < -0.3 is 5.73 Å². The van der Waals surface area contributed by atoms with Crippen LogP contribution < -0.4 is 5.73 Å². The largest absolute Gasteiger partial charge is 0.419 e. The fourth-order valence-electron chi connectivity index (χ4n) is 1.44. The van der Waals surface area contributed by atoms with E-state index in [2.05, 4.69) is 0 Å². The van der Waals surface area contributed by atoms with Gasteiger partial charge in [0.25, 0.3) is 0 Å². The standard InChI is InChI=1S/C11H13F4N/c1-10(2,16)7-5-3-4-6-8(9(7)12)11(13,14)15/h4-6H,3,16H2,1-2H3. The topological polar surface area (TPSA) is 26.0 Å². The van der Waals surface area contributed by atoms with Gasteiger partial charge in [-0.3, -0.25) is 0 Å². The lowest BCUT2D eigenvalue weighted by Gasteiger charge is -2.23. The Morgan fingerprint density at radius 2 is 1.81 bits per heavy atom. The molecule has 1 aliphatic rings. The number of hydrogen-bond acceptors (Lipinski definition) is 1. The highest BCUT2D eigenvalue weighted by Gasteiger charge is 2.38. The molecule has 0 aromatic rings. The predicted octanol–water partition coefficient (Wildman–Crippen LogP) is 3.40. The number of alkyl halides is 3. The minimum absolute atomic E-state index is 0.107. The van der Waals surface area contributed by atoms with Crippen LogP contribution in [0.25, 0.3) is 0 Å². The zero-order chi connectivity index (χ0) is 12.6. The molecule has 0 aromatic carbocycles. The molecule has 0 bridgehead atoms. The van der Waals surface area contributed by atoms with Gasteiger partial charge in [-0.25, -0.2) is 4.39 Å². The number of rotatable bonds is 1. The molecular formula is C11H13F4N. The number of allylic oxidation sites excluding steroid dienone is 4. The highest BCUT2D eigenvalue weighted by Crippen LogP contribution is 2.36. The first kappa shape index (κ1) is 13.0. The van der Waals surface area contributed by atoms with Crippen LogP contribution in [0, 0.1) is 0 Å². The van der Waals surface area contributed by atoms with Gasteiger partial charge in [-0.15, -0.1) is 0 Å². The number of halogens is 4. The summed E-state index contributed by atoms with van der Waals surface area (Å²) in [7, 11) is 0. The summed E-state index contributed by atoms with van der Waals surface area (Å²) in [6.07, 6.45) is -1.06. The highest BCUT2D eigenvalue weighted by atomic mass is 19.4. The van der Waals surface area contributed by atoms with Gasteiger partial charge in [0.15, 0.2) is 0 Å². The number of nitrogens with two attached hydrogens (primary N) is 1. The second-order valence-corrected chi connectivity index (χ2v) is 4.20. The van der Waals surface area contributed by atoms with Crippen molar-refractivity contribution in [1.82, 2.24) is 0 Å². The summed E-state index contributed by atoms with van der Waals surface area (Å²) >= 11 is 0. The Labute approximate surface area is 91.3 Å². The van der Waals surface area contributed by atoms with Crippen LogP contribution in [0.4, 0.5) is 17.6 Å². The van der Waals surface area contributed by atoms with Crippen LogP contribution in [0.3, 0.4) is 0 Å². The highest BCUT2D eigenvalue weighted by molar-refractivity contribution is 5.45. The van der Waals surface area contributed by atoms with Crippen molar-refractivity contribution in [3.63, 3.8) is 0 Å². The zero-order valence-corrected chi connectivity index (χ0v) is 9.03. The first-order valence-corrected chi connectivity index (χ1v) is 4.77. The second kappa shape index (κ2) is 4.05. The molecule has 0 spiro atoms. The molecule has 0 aliphatic heterocycles. The molecule has 0 heterocycles. The normalized spacial score (nSPS) is 18.6. The zero-order valence-electron chi connectivity index (χ0n) is 9.03. The van der Waals surface area contributed by atoms with Gasteiger partial charge in [0.2, 0.25) is 0 Å². The Morgan fingerprint density at radius 3 is 2.25 bits per heavy atom. The summed E-state index contributed by atoms with van der Waals surface area (Å²) in [6.45, 7) is 2.94. The van der Waals surface area contributed by atoms with E-state index in [1.54, 1.807) is 0 Å². The molecule has 0 atom stereocenters. The van der Waals surface area contributed by atoms with Crippen molar-refractivity contribution in [3.8, 4) is 0 Å². The van der Waals surface area contributed by atoms with Gasteiger partial charge in [-0.2, -0.15) is 13.2 Å². The molecule has 2 N–H and O–H groups in total. The van der Waals surface area contributed by atoms with Gasteiger partial charge in [0.1, 0.15) is 5.83 Å². The molecule has 5 heteroatoms. The summed E-state index contributed by atoms with van der Waals surface area (Å²) in [4.78, 5) is 0. The van der Waals surface area contributed by atoms with Crippen LogP contribution in [0.1, 0.15) is 20.3 Å². The summed E-state index contributed by atoms with van der Waals surface area (Å²) in [5.74, 6) is -1.28. The molecule has 1 nitrogen and oxygen atoms in total. The fourth-order valence-corrected chi connectivity index (χ4v) is 1.44. The van der Waals surface area contributed by atoms with E-state index in [1.165, 1.54) is 26.0 Å². The summed E-state index contributed by atoms with van der Waals surface area (Å²) in [5.41, 5.74) is 3.13. The van der Waals surface area contributed by atoms with Crippen molar-refractivity contribution in [2.75, 3.05) is 0 Å². The van der Waals surface area contributed by atoms with Crippen LogP contribution in [-0.4, -0.2) is 11.7 Å². The molecule has 1 rings (SSSR count). The molecule has 0 unspecified atom stereocenters. The van der Waals surface area contributed by atoms with Gasteiger partial charge in [-0.05, 0) is 20.3 Å². The van der Waals surface area contributed by atoms with Gasteiger partial charge >= 0.3 is 6.18 Å². The first-order chi connectivity index (χ1) is 7.14. The van der Waals surface area contributed by atoms with E-state index in [0.29, 0.717) is 0 Å². The van der Waals surface area contributed by atoms with Crippen molar-refractivity contribution >= 4 is 0 Å². The molecule has 0 amide bonds. The van der Waals surface area contributed by atoms with Crippen molar-refractivity contribution in [2.45, 2.75) is 32.0 Å². The maximum absolute atomic E-state index is 13.7. The molecule has 90 valence electrons. The van der Waals surface area contributed by atoms with E-state index in [1.807, 2.05) is 0 Å². The lowest BCUT2D eigenvalue weighted by molar-refractivity contribution is -0.0898. The smallest absolute Gasteiger partial charge is 0.322 e. The molecular weight excluding hydrogens is 222 g/mol. The maximum Gasteiger partial charge on any atom is 0.419 e. The van der Waals surface area contributed by atoms with E-state index in [9.17, 15) is 17.6 Å². The minimum atomic E-state index is -4.70. The van der Waals surface area contributed by atoms with Crippen molar-refractivity contribution in [2.24, 2.45) is 5.73 Å². The third kappa shape index (κ3) is 2.72. The average molecular weight is 235 g/mol. The van der Waals surface area contributed by atoms with Gasteiger partial charge in [0.05, 0.1) is 5.57 Å². The van der Waals surface area contributed by atoms with Gasteiger partial charge in [0, 0.05) is 11.1 Å². The minimum Gasteiger partial charge on any atom is -0.322 e. The Hall–Kier alpha value is -1.10. The Bertz CT molecular complexity index is 366. The molecule has 0 saturated heterocycles. The first-order valence-electron chi connectivity index (χ1n) is 4.77. The molecule has 0 fully saturated rings. The average Bonchev–Trinajstić information content (AvgIpc) is 2.23. The van der Waals surface area contributed by atoms with Gasteiger partial charge in [-0.1, -0.05) is 18.2 Å². The van der Waals surface area contributed by atoms with E-state index >= 15 is 0 Å². The Morgan fingerprint density at radius 1 is 1.25 bits per heavy atom. The molecule has 16 heavy (non-hydrogen) atoms. The van der Waals surface area contributed by atoms with E-state index in [0.717, 1.165) is 6.08 Å². The van der Waals surface area contributed by atoms with Crippen LogP contribution in [-0.2, 0) is 0 Å². The third-order valence-corrected chi connectivity index (χ3v) is 2.22. The van der Waals surface area contributed by atoms with Crippen molar-refractivity contribution < 1.29 is 17.6 Å². The second-order valence-electron chi connectivity index (χ2n) is 4.20. The summed E-state index contributed by atoms with van der Waals surface area (Å²) < 4.78 is 51.3. The quantitative estimate of drug-likeness (QED) is 0.692.